The standard InChI is InChI=1S/C23H20F3N3O3/c1-14(23(24,25)26)28-13-17(29-20(22(28)32)21(31)18(30)12-27-29)19(15-8-4-2-5-9-15)16-10-6-3-7-11-16/h2-12,14,17,19,31H,13H2,1H3. The molecule has 1 aliphatic heterocycles. The van der Waals surface area contributed by atoms with Crippen LogP contribution < -0.4 is 5.43 Å². The summed E-state index contributed by atoms with van der Waals surface area (Å²) in [5.41, 5.74) is 0.120. The minimum absolute atomic E-state index is 0.309. The number of aromatic nitrogens is 2. The summed E-state index contributed by atoms with van der Waals surface area (Å²) in [6, 6.07) is 15.3. The van der Waals surface area contributed by atoms with E-state index in [1.165, 1.54) is 4.68 Å². The number of hydrogen-bond donors (Lipinski definition) is 1. The minimum atomic E-state index is -4.69. The van der Waals surface area contributed by atoms with Gasteiger partial charge in [0, 0.05) is 12.5 Å². The summed E-state index contributed by atoms with van der Waals surface area (Å²) in [5, 5.41) is 14.4. The number of nitrogens with zero attached hydrogens (tertiary/aromatic N) is 3. The predicted octanol–water partition coefficient (Wildman–Crippen LogP) is 3.73. The average Bonchev–Trinajstić information content (AvgIpc) is 2.78. The predicted molar refractivity (Wildman–Crippen MR) is 110 cm³/mol. The number of aromatic hydroxyl groups is 1. The van der Waals surface area contributed by atoms with E-state index in [1.54, 1.807) is 0 Å². The fourth-order valence-corrected chi connectivity index (χ4v) is 4.12. The Kier molecular flexibility index (Phi) is 5.50. The topological polar surface area (TPSA) is 75.4 Å². The first-order valence-corrected chi connectivity index (χ1v) is 9.98. The van der Waals surface area contributed by atoms with E-state index >= 15 is 0 Å². The molecule has 32 heavy (non-hydrogen) atoms. The Bertz CT molecular complexity index is 1140. The normalized spacial score (nSPS) is 17.3. The van der Waals surface area contributed by atoms with Crippen molar-refractivity contribution in [3.8, 4) is 5.75 Å². The summed E-state index contributed by atoms with van der Waals surface area (Å²) in [7, 11) is 0. The lowest BCUT2D eigenvalue weighted by molar-refractivity contribution is -0.174. The van der Waals surface area contributed by atoms with Crippen molar-refractivity contribution < 1.29 is 23.1 Å². The average molecular weight is 443 g/mol. The maximum Gasteiger partial charge on any atom is 0.408 e. The summed E-state index contributed by atoms with van der Waals surface area (Å²) in [4.78, 5) is 25.6. The third-order valence-corrected chi connectivity index (χ3v) is 5.79. The Morgan fingerprint density at radius 2 is 1.53 bits per heavy atom. The Balaban J connectivity index is 1.95. The van der Waals surface area contributed by atoms with Gasteiger partial charge in [0.2, 0.25) is 5.43 Å². The van der Waals surface area contributed by atoms with Gasteiger partial charge in [-0.05, 0) is 18.1 Å². The Hall–Kier alpha value is -3.62. The number of hydrogen-bond acceptors (Lipinski definition) is 4. The molecule has 0 saturated heterocycles. The van der Waals surface area contributed by atoms with Crippen molar-refractivity contribution in [2.45, 2.75) is 31.1 Å². The van der Waals surface area contributed by atoms with Gasteiger partial charge in [0.15, 0.2) is 11.4 Å². The van der Waals surface area contributed by atoms with Gasteiger partial charge < -0.3 is 10.0 Å². The SMILES string of the molecule is CC(N1CC(C(c2ccccc2)c2ccccc2)n2ncc(=O)c(O)c2C1=O)C(F)(F)F. The quantitative estimate of drug-likeness (QED) is 0.667. The van der Waals surface area contributed by atoms with Crippen LogP contribution in [-0.2, 0) is 0 Å². The minimum Gasteiger partial charge on any atom is -0.502 e. The molecule has 166 valence electrons. The van der Waals surface area contributed by atoms with Gasteiger partial charge in [-0.3, -0.25) is 14.3 Å². The molecule has 0 spiro atoms. The molecule has 3 aromatic rings. The Morgan fingerprint density at radius 3 is 2.03 bits per heavy atom. The van der Waals surface area contributed by atoms with Crippen LogP contribution in [0.4, 0.5) is 13.2 Å². The number of carbonyl (C=O) groups is 1. The molecule has 0 bridgehead atoms. The van der Waals surface area contributed by atoms with E-state index in [0.717, 1.165) is 24.2 Å². The zero-order chi connectivity index (χ0) is 23.0. The molecule has 1 amide bonds. The lowest BCUT2D eigenvalue weighted by atomic mass is 9.83. The molecule has 0 saturated carbocycles. The van der Waals surface area contributed by atoms with Crippen molar-refractivity contribution >= 4 is 5.91 Å². The molecule has 0 aliphatic carbocycles. The number of alkyl halides is 3. The van der Waals surface area contributed by atoms with E-state index in [4.69, 9.17) is 0 Å². The first kappa shape index (κ1) is 21.6. The van der Waals surface area contributed by atoms with Gasteiger partial charge in [0.1, 0.15) is 6.04 Å². The van der Waals surface area contributed by atoms with Gasteiger partial charge in [0.05, 0.1) is 12.2 Å². The smallest absolute Gasteiger partial charge is 0.408 e. The first-order valence-electron chi connectivity index (χ1n) is 9.98. The van der Waals surface area contributed by atoms with Gasteiger partial charge in [-0.25, -0.2) is 0 Å². The zero-order valence-corrected chi connectivity index (χ0v) is 17.0. The highest BCUT2D eigenvalue weighted by Crippen LogP contribution is 2.41. The number of fused-ring (bicyclic) bond motifs is 1. The summed E-state index contributed by atoms with van der Waals surface area (Å²) < 4.78 is 42.0. The zero-order valence-electron chi connectivity index (χ0n) is 17.0. The Morgan fingerprint density at radius 1 is 1.00 bits per heavy atom. The molecule has 4 rings (SSSR count). The van der Waals surface area contributed by atoms with Crippen LogP contribution in [0.5, 0.6) is 5.75 Å². The second-order valence-corrected chi connectivity index (χ2v) is 7.69. The van der Waals surface area contributed by atoms with Crippen LogP contribution in [0.15, 0.2) is 71.7 Å². The lowest BCUT2D eigenvalue weighted by Crippen LogP contribution is -2.54. The van der Waals surface area contributed by atoms with Gasteiger partial charge in [0.25, 0.3) is 5.91 Å². The summed E-state index contributed by atoms with van der Waals surface area (Å²) in [5.74, 6) is -2.50. The van der Waals surface area contributed by atoms with Crippen LogP contribution in [0, 0.1) is 0 Å². The molecular formula is C23H20F3N3O3. The van der Waals surface area contributed by atoms with Crippen LogP contribution in [0.1, 0.15) is 40.5 Å². The molecule has 2 aromatic carbocycles. The lowest BCUT2D eigenvalue weighted by Gasteiger charge is -2.41. The molecule has 6 nitrogen and oxygen atoms in total. The fraction of sp³-hybridized carbons (Fsp3) is 0.261. The number of rotatable bonds is 4. The van der Waals surface area contributed by atoms with Crippen LogP contribution >= 0.6 is 0 Å². The fourth-order valence-electron chi connectivity index (χ4n) is 4.12. The molecule has 1 aromatic heterocycles. The highest BCUT2D eigenvalue weighted by molar-refractivity contribution is 5.96. The van der Waals surface area contributed by atoms with E-state index in [0.29, 0.717) is 4.90 Å². The van der Waals surface area contributed by atoms with E-state index in [-0.39, 0.29) is 6.54 Å². The van der Waals surface area contributed by atoms with Crippen LogP contribution in [-0.4, -0.2) is 44.5 Å². The molecular weight excluding hydrogens is 423 g/mol. The molecule has 9 heteroatoms. The summed E-state index contributed by atoms with van der Waals surface area (Å²) in [6.07, 6.45) is -3.81. The monoisotopic (exact) mass is 443 g/mol. The van der Waals surface area contributed by atoms with Crippen LogP contribution in [0.3, 0.4) is 0 Å². The first-order chi connectivity index (χ1) is 15.2. The van der Waals surface area contributed by atoms with Crippen molar-refractivity contribution in [2.75, 3.05) is 6.54 Å². The number of amides is 1. The van der Waals surface area contributed by atoms with E-state index in [2.05, 4.69) is 5.10 Å². The third kappa shape index (κ3) is 3.74. The highest BCUT2D eigenvalue weighted by Gasteiger charge is 2.48. The van der Waals surface area contributed by atoms with Crippen molar-refractivity contribution in [2.24, 2.45) is 0 Å². The van der Waals surface area contributed by atoms with E-state index < -0.39 is 47.0 Å². The molecule has 2 heterocycles. The van der Waals surface area contributed by atoms with Crippen LogP contribution in [0.25, 0.3) is 0 Å². The van der Waals surface area contributed by atoms with E-state index in [1.807, 2.05) is 60.7 Å². The third-order valence-electron chi connectivity index (χ3n) is 5.79. The van der Waals surface area contributed by atoms with Gasteiger partial charge in [-0.1, -0.05) is 60.7 Å². The molecule has 0 radical (unpaired) electrons. The van der Waals surface area contributed by atoms with Crippen molar-refractivity contribution in [1.29, 1.82) is 0 Å². The summed E-state index contributed by atoms with van der Waals surface area (Å²) >= 11 is 0. The van der Waals surface area contributed by atoms with Crippen molar-refractivity contribution in [3.05, 3.63) is 93.9 Å². The molecule has 2 unspecified atom stereocenters. The maximum atomic E-state index is 13.6. The van der Waals surface area contributed by atoms with Crippen molar-refractivity contribution in [3.63, 3.8) is 0 Å². The number of halogens is 3. The second kappa shape index (κ2) is 8.14. The van der Waals surface area contributed by atoms with Crippen molar-refractivity contribution in [1.82, 2.24) is 14.7 Å². The largest absolute Gasteiger partial charge is 0.502 e. The molecule has 1 aliphatic rings. The van der Waals surface area contributed by atoms with Gasteiger partial charge in [-0.15, -0.1) is 0 Å². The maximum absolute atomic E-state index is 13.6. The molecule has 0 fully saturated rings. The molecule has 1 N–H and O–H groups in total. The molecule has 2 atom stereocenters. The Labute approximate surface area is 181 Å². The van der Waals surface area contributed by atoms with E-state index in [9.17, 15) is 27.9 Å². The van der Waals surface area contributed by atoms with Crippen LogP contribution in [0.2, 0.25) is 0 Å². The van der Waals surface area contributed by atoms with Gasteiger partial charge in [-0.2, -0.15) is 18.3 Å². The summed E-state index contributed by atoms with van der Waals surface area (Å²) in [6.45, 7) is 0.576. The highest BCUT2D eigenvalue weighted by atomic mass is 19.4. The second-order valence-electron chi connectivity index (χ2n) is 7.69. The number of benzene rings is 2. The van der Waals surface area contributed by atoms with Gasteiger partial charge >= 0.3 is 6.18 Å². The number of carbonyl (C=O) groups excluding carboxylic acids is 1.